The van der Waals surface area contributed by atoms with Gasteiger partial charge in [0.25, 0.3) is 5.91 Å². The quantitative estimate of drug-likeness (QED) is 0.643. The largest absolute Gasteiger partial charge is 0.493 e. The molecule has 0 aromatic heterocycles. The van der Waals surface area contributed by atoms with Crippen molar-refractivity contribution in [3.63, 3.8) is 0 Å². The Morgan fingerprint density at radius 1 is 1.11 bits per heavy atom. The maximum atomic E-state index is 12.6. The number of nitrogens with zero attached hydrogens (tertiary/aromatic N) is 2. The van der Waals surface area contributed by atoms with Crippen LogP contribution < -0.4 is 9.47 Å². The lowest BCUT2D eigenvalue weighted by Crippen LogP contribution is -2.28. The first-order chi connectivity index (χ1) is 13.7. The molecule has 0 N–H and O–H groups in total. The van der Waals surface area contributed by atoms with Crippen LogP contribution >= 0.6 is 11.8 Å². The predicted octanol–water partition coefficient (Wildman–Crippen LogP) is 4.59. The van der Waals surface area contributed by atoms with Gasteiger partial charge < -0.3 is 9.47 Å². The number of amidine groups is 1. The Bertz CT molecular complexity index is 894. The molecule has 3 rings (SSSR count). The minimum absolute atomic E-state index is 0.0110. The normalized spacial score (nSPS) is 16.8. The average molecular weight is 397 g/mol. The van der Waals surface area contributed by atoms with E-state index >= 15 is 0 Å². The summed E-state index contributed by atoms with van der Waals surface area (Å²) in [7, 11) is 1.61. The van der Waals surface area contributed by atoms with Crippen molar-refractivity contribution in [3.05, 3.63) is 64.6 Å². The molecule has 5 nitrogen and oxygen atoms in total. The van der Waals surface area contributed by atoms with Crippen molar-refractivity contribution >= 4 is 28.9 Å². The molecule has 0 aliphatic carbocycles. The van der Waals surface area contributed by atoms with Gasteiger partial charge >= 0.3 is 0 Å². The Morgan fingerprint density at radius 3 is 2.57 bits per heavy atom. The van der Waals surface area contributed by atoms with Crippen LogP contribution in [0.3, 0.4) is 0 Å². The smallest absolute Gasteiger partial charge is 0.266 e. The molecule has 1 amide bonds. The summed E-state index contributed by atoms with van der Waals surface area (Å²) in [5.41, 5.74) is 1.97. The van der Waals surface area contributed by atoms with Crippen LogP contribution in [0.2, 0.25) is 0 Å². The fraction of sp³-hybridized carbons (Fsp3) is 0.273. The number of hydrogen-bond donors (Lipinski definition) is 0. The van der Waals surface area contributed by atoms with Gasteiger partial charge in [-0.3, -0.25) is 14.7 Å². The predicted molar refractivity (Wildman–Crippen MR) is 115 cm³/mol. The van der Waals surface area contributed by atoms with Gasteiger partial charge in [-0.15, -0.1) is 0 Å². The maximum absolute atomic E-state index is 12.6. The molecule has 1 heterocycles. The van der Waals surface area contributed by atoms with Crippen LogP contribution in [0.15, 0.2) is 58.4 Å². The van der Waals surface area contributed by atoms with Crippen molar-refractivity contribution in [2.24, 2.45) is 4.99 Å². The van der Waals surface area contributed by atoms with Crippen molar-refractivity contribution in [2.45, 2.75) is 20.5 Å². The Hall–Kier alpha value is -2.73. The Kier molecular flexibility index (Phi) is 6.76. The molecule has 28 heavy (non-hydrogen) atoms. The van der Waals surface area contributed by atoms with E-state index in [0.717, 1.165) is 16.3 Å². The molecule has 0 radical (unpaired) electrons. The Morgan fingerprint density at radius 2 is 1.89 bits per heavy atom. The third kappa shape index (κ3) is 4.57. The van der Waals surface area contributed by atoms with Gasteiger partial charge in [-0.2, -0.15) is 0 Å². The lowest BCUT2D eigenvalue weighted by atomic mass is 10.1. The number of benzene rings is 2. The summed E-state index contributed by atoms with van der Waals surface area (Å²) < 4.78 is 11.4. The van der Waals surface area contributed by atoms with E-state index in [1.54, 1.807) is 12.0 Å². The number of hydrogen-bond acceptors (Lipinski definition) is 5. The van der Waals surface area contributed by atoms with E-state index in [-0.39, 0.29) is 5.91 Å². The minimum Gasteiger partial charge on any atom is -0.493 e. The van der Waals surface area contributed by atoms with Crippen LogP contribution in [0.5, 0.6) is 11.5 Å². The summed E-state index contributed by atoms with van der Waals surface area (Å²) in [5.74, 6) is 1.29. The maximum Gasteiger partial charge on any atom is 0.266 e. The van der Waals surface area contributed by atoms with Crippen molar-refractivity contribution in [1.29, 1.82) is 0 Å². The highest BCUT2D eigenvalue weighted by Crippen LogP contribution is 2.34. The second-order valence-corrected chi connectivity index (χ2v) is 7.11. The monoisotopic (exact) mass is 396 g/mol. The van der Waals surface area contributed by atoms with E-state index in [1.807, 2.05) is 68.5 Å². The van der Waals surface area contributed by atoms with E-state index in [1.165, 1.54) is 11.8 Å². The van der Waals surface area contributed by atoms with Gasteiger partial charge in [-0.1, -0.05) is 36.4 Å². The Labute approximate surface area is 170 Å². The Balaban J connectivity index is 1.79. The van der Waals surface area contributed by atoms with Crippen LogP contribution in [0.1, 0.15) is 25.0 Å². The molecule has 0 spiro atoms. The van der Waals surface area contributed by atoms with Crippen LogP contribution in [0.4, 0.5) is 0 Å². The zero-order valence-electron chi connectivity index (χ0n) is 16.3. The molecule has 146 valence electrons. The van der Waals surface area contributed by atoms with Gasteiger partial charge in [0.1, 0.15) is 6.61 Å². The topological polar surface area (TPSA) is 51.1 Å². The molecule has 0 bridgehead atoms. The van der Waals surface area contributed by atoms with E-state index in [9.17, 15) is 4.79 Å². The standard InChI is InChI=1S/C22H24N2O3S/c1-4-23-22-24(5-2)21(25)20(28-22)14-17-11-12-18(19(13-17)26-3)27-15-16-9-7-6-8-10-16/h6-14H,4-5,15H2,1-3H3/b20-14-,23-22?. The van der Waals surface area contributed by atoms with Crippen molar-refractivity contribution in [1.82, 2.24) is 4.90 Å². The van der Waals surface area contributed by atoms with Crippen molar-refractivity contribution in [2.75, 3.05) is 20.2 Å². The fourth-order valence-electron chi connectivity index (χ4n) is 2.82. The zero-order chi connectivity index (χ0) is 19.9. The number of carbonyl (C=O) groups excluding carboxylic acids is 1. The summed E-state index contributed by atoms with van der Waals surface area (Å²) in [6.07, 6.45) is 1.87. The molecule has 1 aliphatic heterocycles. The van der Waals surface area contributed by atoms with E-state index in [2.05, 4.69) is 4.99 Å². The van der Waals surface area contributed by atoms with Crippen molar-refractivity contribution < 1.29 is 14.3 Å². The number of rotatable bonds is 7. The third-order valence-electron chi connectivity index (χ3n) is 4.22. The number of ether oxygens (including phenoxy) is 2. The van der Waals surface area contributed by atoms with Gasteiger partial charge in [-0.25, -0.2) is 0 Å². The van der Waals surface area contributed by atoms with Crippen LogP contribution in [0, 0.1) is 0 Å². The first-order valence-electron chi connectivity index (χ1n) is 9.26. The first kappa shape index (κ1) is 20.0. The molecule has 0 saturated carbocycles. The van der Waals surface area contributed by atoms with Crippen LogP contribution in [0.25, 0.3) is 6.08 Å². The number of likely N-dealkylation sites (N-methyl/N-ethyl adjacent to an activating group) is 1. The molecule has 6 heteroatoms. The highest BCUT2D eigenvalue weighted by molar-refractivity contribution is 8.18. The van der Waals surface area contributed by atoms with Crippen LogP contribution in [-0.2, 0) is 11.4 Å². The number of methoxy groups -OCH3 is 1. The molecule has 2 aromatic rings. The van der Waals surface area contributed by atoms with Gasteiger partial charge in [0.05, 0.1) is 12.0 Å². The van der Waals surface area contributed by atoms with Crippen molar-refractivity contribution in [3.8, 4) is 11.5 Å². The molecule has 1 aliphatic rings. The van der Waals surface area contributed by atoms with Gasteiger partial charge in [0, 0.05) is 13.1 Å². The summed E-state index contributed by atoms with van der Waals surface area (Å²) >= 11 is 1.41. The van der Waals surface area contributed by atoms with Gasteiger partial charge in [0.2, 0.25) is 0 Å². The molecule has 0 unspecified atom stereocenters. The molecular weight excluding hydrogens is 372 g/mol. The minimum atomic E-state index is -0.0110. The SMILES string of the molecule is CCN=C1S/C(=C\c2ccc(OCc3ccccc3)c(OC)c2)C(=O)N1CC. The summed E-state index contributed by atoms with van der Waals surface area (Å²) in [5, 5.41) is 0.760. The second-order valence-electron chi connectivity index (χ2n) is 6.10. The number of aliphatic imine (C=N–C) groups is 1. The zero-order valence-corrected chi connectivity index (χ0v) is 17.2. The molecular formula is C22H24N2O3S. The summed E-state index contributed by atoms with van der Waals surface area (Å²) in [4.78, 5) is 19.4. The molecule has 1 fully saturated rings. The van der Waals surface area contributed by atoms with E-state index in [4.69, 9.17) is 9.47 Å². The van der Waals surface area contributed by atoms with E-state index in [0.29, 0.717) is 36.1 Å². The second kappa shape index (κ2) is 9.46. The third-order valence-corrected chi connectivity index (χ3v) is 5.26. The first-order valence-corrected chi connectivity index (χ1v) is 10.1. The molecule has 2 aromatic carbocycles. The lowest BCUT2D eigenvalue weighted by Gasteiger charge is -2.12. The fourth-order valence-corrected chi connectivity index (χ4v) is 3.92. The highest BCUT2D eigenvalue weighted by Gasteiger charge is 2.31. The number of amides is 1. The van der Waals surface area contributed by atoms with Gasteiger partial charge in [-0.05, 0) is 54.9 Å². The average Bonchev–Trinajstić information content (AvgIpc) is 3.02. The molecule has 0 atom stereocenters. The number of thioether (sulfide) groups is 1. The summed E-state index contributed by atoms with van der Waals surface area (Å²) in [6, 6.07) is 15.7. The van der Waals surface area contributed by atoms with E-state index < -0.39 is 0 Å². The summed E-state index contributed by atoms with van der Waals surface area (Å²) in [6.45, 7) is 5.65. The van der Waals surface area contributed by atoms with Gasteiger partial charge in [0.15, 0.2) is 16.7 Å². The lowest BCUT2D eigenvalue weighted by molar-refractivity contribution is -0.122. The van der Waals surface area contributed by atoms with Crippen LogP contribution in [-0.4, -0.2) is 36.2 Å². The highest BCUT2D eigenvalue weighted by atomic mass is 32.2. The number of carbonyl (C=O) groups is 1. The molecule has 1 saturated heterocycles.